The molecular formula is C29H41FN5O5P. The van der Waals surface area contributed by atoms with Crippen molar-refractivity contribution >= 4 is 20.0 Å². The molecule has 0 aliphatic carbocycles. The van der Waals surface area contributed by atoms with Crippen LogP contribution in [0.1, 0.15) is 72.6 Å². The number of benzene rings is 1. The lowest BCUT2D eigenvalue weighted by Gasteiger charge is -2.37. The summed E-state index contributed by atoms with van der Waals surface area (Å²) in [6.07, 6.45) is 0.364. The second-order valence-corrected chi connectivity index (χ2v) is 12.2. The van der Waals surface area contributed by atoms with Gasteiger partial charge in [-0.3, -0.25) is 4.57 Å². The van der Waals surface area contributed by atoms with Crippen LogP contribution in [0.15, 0.2) is 29.2 Å². The van der Waals surface area contributed by atoms with E-state index in [0.717, 1.165) is 35.1 Å². The molecular weight excluding hydrogens is 548 g/mol. The van der Waals surface area contributed by atoms with Gasteiger partial charge in [0.1, 0.15) is 12.7 Å². The van der Waals surface area contributed by atoms with Crippen molar-refractivity contribution in [1.82, 2.24) is 14.2 Å². The van der Waals surface area contributed by atoms with E-state index in [9.17, 15) is 4.79 Å². The number of nitrogens with zero attached hydrogens (tertiary/aromatic N) is 4. The lowest BCUT2D eigenvalue weighted by atomic mass is 10.0. The smallest absolute Gasteiger partial charge is 0.352 e. The Hall–Kier alpha value is -2.61. The minimum absolute atomic E-state index is 0.0628. The summed E-state index contributed by atoms with van der Waals surface area (Å²) >= 11 is 0. The summed E-state index contributed by atoms with van der Waals surface area (Å²) in [4.78, 5) is 20.8. The van der Waals surface area contributed by atoms with Crippen molar-refractivity contribution < 1.29 is 22.9 Å². The third-order valence-corrected chi connectivity index (χ3v) is 9.23. The average Bonchev–Trinajstić information content (AvgIpc) is 3.24. The van der Waals surface area contributed by atoms with Gasteiger partial charge in [-0.25, -0.2) is 20.4 Å². The molecule has 12 heteroatoms. The first-order valence-corrected chi connectivity index (χ1v) is 15.5. The molecule has 0 radical (unpaired) electrons. The monoisotopic (exact) mass is 589 g/mol. The highest BCUT2D eigenvalue weighted by Crippen LogP contribution is 2.51. The maximum atomic E-state index is 16.2. The molecule has 5 atom stereocenters. The zero-order valence-corrected chi connectivity index (χ0v) is 25.6. The number of unbranched alkanes of at least 4 members (excludes halogenated alkanes) is 1. The highest BCUT2D eigenvalue weighted by Gasteiger charge is 2.49. The van der Waals surface area contributed by atoms with E-state index in [1.54, 1.807) is 0 Å². The predicted octanol–water partition coefficient (Wildman–Crippen LogP) is 6.75. The molecule has 0 saturated carbocycles. The highest BCUT2D eigenvalue weighted by atomic mass is 31.2. The van der Waals surface area contributed by atoms with E-state index >= 15 is 4.39 Å². The van der Waals surface area contributed by atoms with Gasteiger partial charge < -0.3 is 28.7 Å². The first kappa shape index (κ1) is 31.3. The van der Waals surface area contributed by atoms with Crippen molar-refractivity contribution in [3.8, 4) is 11.5 Å². The molecule has 1 fully saturated rings. The number of ether oxygens (including phenoxy) is 2. The molecule has 4 rings (SSSR count). The van der Waals surface area contributed by atoms with Gasteiger partial charge in [-0.2, -0.15) is 4.98 Å². The van der Waals surface area contributed by atoms with E-state index in [1.807, 2.05) is 57.5 Å². The van der Waals surface area contributed by atoms with Crippen LogP contribution in [-0.4, -0.2) is 57.8 Å². The number of nitrogens with one attached hydrogen (secondary N) is 1. The van der Waals surface area contributed by atoms with Crippen molar-refractivity contribution in [3.05, 3.63) is 51.9 Å². The molecule has 2 aliphatic rings. The number of halogens is 1. The number of para-hydroxylation sites is 1. The van der Waals surface area contributed by atoms with Crippen LogP contribution in [0.5, 0.6) is 11.5 Å². The van der Waals surface area contributed by atoms with E-state index in [1.165, 1.54) is 6.20 Å². The molecule has 2 aromatic rings. The number of fused-ring (bicyclic) bond motifs is 2. The normalized spacial score (nSPS) is 22.3. The Balaban J connectivity index is 1.59. The third kappa shape index (κ3) is 6.90. The molecule has 10 nitrogen and oxygen atoms in total. The molecule has 1 N–H and O–H groups in total. The first-order chi connectivity index (χ1) is 19.7. The molecule has 1 aromatic heterocycles. The fraction of sp³-hybridized carbons (Fsp3) is 0.621. The first-order valence-electron chi connectivity index (χ1n) is 14.4. The van der Waals surface area contributed by atoms with Crippen LogP contribution in [0, 0.1) is 6.57 Å². The number of alkyl halides is 1. The number of aryl methyl sites for hydroxylation is 1. The van der Waals surface area contributed by atoms with Crippen LogP contribution < -0.4 is 15.7 Å². The Morgan fingerprint density at radius 3 is 2.66 bits per heavy atom. The zero-order chi connectivity index (χ0) is 29.7. The van der Waals surface area contributed by atoms with Gasteiger partial charge in [0, 0.05) is 12.1 Å². The second kappa shape index (κ2) is 14.0. The molecule has 0 bridgehead atoms. The van der Waals surface area contributed by atoms with E-state index in [0.29, 0.717) is 17.9 Å². The molecule has 0 spiro atoms. The van der Waals surface area contributed by atoms with Crippen molar-refractivity contribution in [2.75, 3.05) is 18.5 Å². The van der Waals surface area contributed by atoms with Gasteiger partial charge in [-0.15, -0.1) is 0 Å². The van der Waals surface area contributed by atoms with Crippen LogP contribution in [0.25, 0.3) is 4.85 Å². The van der Waals surface area contributed by atoms with Crippen molar-refractivity contribution in [3.63, 3.8) is 0 Å². The van der Waals surface area contributed by atoms with Crippen LogP contribution in [0.4, 0.5) is 15.9 Å². The summed E-state index contributed by atoms with van der Waals surface area (Å²) in [7, 11) is -1.69. The predicted molar refractivity (Wildman–Crippen MR) is 157 cm³/mol. The SMILES string of the molecule is [C-]#[N+]CCOP(OC1[C@@H](CC)O[C@@H](n2cc3c(nc2=O)Nc2c(CCCC)cccc2O3)[C@H]1F)N(C(C)C)C(C)C. The molecule has 2 unspecified atom stereocenters. The minimum atomic E-state index is -1.69. The summed E-state index contributed by atoms with van der Waals surface area (Å²) in [6.45, 7) is 19.5. The Morgan fingerprint density at radius 2 is 2.00 bits per heavy atom. The minimum Gasteiger partial charge on any atom is -0.450 e. The van der Waals surface area contributed by atoms with Crippen LogP contribution >= 0.6 is 8.53 Å². The molecule has 1 aromatic carbocycles. The maximum absolute atomic E-state index is 16.2. The number of anilines is 2. The molecule has 1 saturated heterocycles. The average molecular weight is 590 g/mol. The molecule has 3 heterocycles. The van der Waals surface area contributed by atoms with Gasteiger partial charge in [0.15, 0.2) is 29.7 Å². The van der Waals surface area contributed by atoms with Crippen LogP contribution in [0.3, 0.4) is 0 Å². The van der Waals surface area contributed by atoms with E-state index in [-0.39, 0.29) is 31.1 Å². The van der Waals surface area contributed by atoms with E-state index in [2.05, 4.69) is 22.1 Å². The van der Waals surface area contributed by atoms with Gasteiger partial charge >= 0.3 is 5.69 Å². The van der Waals surface area contributed by atoms with Gasteiger partial charge in [0.2, 0.25) is 6.54 Å². The number of rotatable bonds is 13. The lowest BCUT2D eigenvalue weighted by Crippen LogP contribution is -2.38. The van der Waals surface area contributed by atoms with E-state index < -0.39 is 38.8 Å². The summed E-state index contributed by atoms with van der Waals surface area (Å²) in [5, 5.41) is 3.25. The summed E-state index contributed by atoms with van der Waals surface area (Å²) in [5.41, 5.74) is 1.23. The summed E-state index contributed by atoms with van der Waals surface area (Å²) < 4.78 is 44.0. The van der Waals surface area contributed by atoms with Crippen molar-refractivity contribution in [2.24, 2.45) is 0 Å². The Kier molecular flexibility index (Phi) is 10.7. The van der Waals surface area contributed by atoms with Crippen molar-refractivity contribution in [1.29, 1.82) is 0 Å². The number of aromatic nitrogens is 2. The van der Waals surface area contributed by atoms with E-state index in [4.69, 9.17) is 25.1 Å². The van der Waals surface area contributed by atoms with Crippen molar-refractivity contribution in [2.45, 2.75) is 104 Å². The Bertz CT molecular complexity index is 1280. The fourth-order valence-electron chi connectivity index (χ4n) is 5.18. The number of hydrogen-bond donors (Lipinski definition) is 1. The van der Waals surface area contributed by atoms with Gasteiger partial charge in [-0.1, -0.05) is 32.4 Å². The topological polar surface area (TPSA) is 91.4 Å². The Labute approximate surface area is 242 Å². The third-order valence-electron chi connectivity index (χ3n) is 7.10. The molecule has 41 heavy (non-hydrogen) atoms. The van der Waals surface area contributed by atoms with Crippen LogP contribution in [0.2, 0.25) is 0 Å². The van der Waals surface area contributed by atoms with Crippen LogP contribution in [-0.2, 0) is 20.2 Å². The zero-order valence-electron chi connectivity index (χ0n) is 24.7. The quantitative estimate of drug-likeness (QED) is 0.133. The molecule has 224 valence electrons. The van der Waals surface area contributed by atoms with Gasteiger partial charge in [0.05, 0.1) is 18.0 Å². The lowest BCUT2D eigenvalue weighted by molar-refractivity contribution is -0.0274. The number of hydrogen-bond acceptors (Lipinski definition) is 8. The maximum Gasteiger partial charge on any atom is 0.352 e. The summed E-state index contributed by atoms with van der Waals surface area (Å²) in [6, 6.07) is 5.94. The largest absolute Gasteiger partial charge is 0.450 e. The fourth-order valence-corrected chi connectivity index (χ4v) is 6.94. The molecule has 2 aliphatic heterocycles. The summed E-state index contributed by atoms with van der Waals surface area (Å²) in [5.74, 6) is 1.23. The standard InChI is InChI=1S/C29H41FN5O5P/c1-8-10-12-20-13-11-14-22-25(20)32-27-23(38-22)17-34(29(36)33-27)28-24(30)26(21(9-2)39-28)40-41(37-16-15-31-7)35(18(3)4)19(5)6/h11,13-14,17-19,21,24,26,28H,8-10,12,15-16H2,1-6H3,(H,32,33,36)/t21-,24+,26?,28-,41?/m1/s1. The molecule has 0 amide bonds. The van der Waals surface area contributed by atoms with Gasteiger partial charge in [0.25, 0.3) is 8.53 Å². The Morgan fingerprint density at radius 1 is 1.24 bits per heavy atom. The van der Waals surface area contributed by atoms with Gasteiger partial charge in [-0.05, 0) is 58.6 Å². The second-order valence-electron chi connectivity index (χ2n) is 10.8. The highest BCUT2D eigenvalue weighted by molar-refractivity contribution is 7.44.